The number of hydrogen-bond donors (Lipinski definition) is 0. The minimum Gasteiger partial charge on any atom is -0.272 e. The molecule has 0 fully saturated rings. The number of hydrazone groups is 1. The van der Waals surface area contributed by atoms with Gasteiger partial charge in [-0.3, -0.25) is 4.79 Å². The average Bonchev–Trinajstić information content (AvgIpc) is 2.27. The van der Waals surface area contributed by atoms with Crippen molar-refractivity contribution in [1.82, 2.24) is 5.01 Å². The summed E-state index contributed by atoms with van der Waals surface area (Å²) in [5, 5.41) is 5.13. The van der Waals surface area contributed by atoms with E-state index in [0.29, 0.717) is 5.71 Å². The number of sulfone groups is 1. The van der Waals surface area contributed by atoms with Crippen LogP contribution in [0.4, 0.5) is 0 Å². The molecule has 0 unspecified atom stereocenters. The van der Waals surface area contributed by atoms with Crippen molar-refractivity contribution in [2.45, 2.75) is 6.92 Å². The molecule has 0 bridgehead atoms. The fraction of sp³-hybridized carbons (Fsp3) is 0.333. The van der Waals surface area contributed by atoms with E-state index >= 15 is 0 Å². The van der Waals surface area contributed by atoms with Gasteiger partial charge in [-0.05, 0) is 12.5 Å². The van der Waals surface area contributed by atoms with Crippen LogP contribution in [0.2, 0.25) is 0 Å². The summed E-state index contributed by atoms with van der Waals surface area (Å²) in [6, 6.07) is 9.36. The van der Waals surface area contributed by atoms with E-state index < -0.39 is 21.5 Å². The SMILES string of the molecule is CC(=NN(C)C(=O)CS(C)(=O)=O)c1ccccc1. The van der Waals surface area contributed by atoms with Gasteiger partial charge in [-0.25, -0.2) is 13.4 Å². The molecule has 1 aromatic carbocycles. The zero-order valence-electron chi connectivity index (χ0n) is 10.6. The molecule has 1 aromatic rings. The smallest absolute Gasteiger partial charge is 0.257 e. The van der Waals surface area contributed by atoms with Gasteiger partial charge in [0.05, 0.1) is 5.71 Å². The Morgan fingerprint density at radius 3 is 2.33 bits per heavy atom. The van der Waals surface area contributed by atoms with E-state index in [4.69, 9.17) is 0 Å². The summed E-state index contributed by atoms with van der Waals surface area (Å²) >= 11 is 0. The second-order valence-electron chi connectivity index (χ2n) is 4.04. The average molecular weight is 268 g/mol. The normalized spacial score (nSPS) is 12.3. The van der Waals surface area contributed by atoms with Crippen LogP contribution in [0.1, 0.15) is 12.5 Å². The molecule has 0 N–H and O–H groups in total. The number of rotatable bonds is 4. The fourth-order valence-electron chi connectivity index (χ4n) is 1.34. The summed E-state index contributed by atoms with van der Waals surface area (Å²) < 4.78 is 22.0. The lowest BCUT2D eigenvalue weighted by Crippen LogP contribution is -2.29. The van der Waals surface area contributed by atoms with E-state index in [2.05, 4.69) is 5.10 Å². The second-order valence-corrected chi connectivity index (χ2v) is 6.18. The van der Waals surface area contributed by atoms with Crippen molar-refractivity contribution in [2.24, 2.45) is 5.10 Å². The molecule has 0 heterocycles. The molecule has 98 valence electrons. The van der Waals surface area contributed by atoms with Crippen LogP contribution in [0.25, 0.3) is 0 Å². The molecule has 18 heavy (non-hydrogen) atoms. The van der Waals surface area contributed by atoms with Crippen molar-refractivity contribution >= 4 is 21.5 Å². The lowest BCUT2D eigenvalue weighted by Gasteiger charge is -2.12. The van der Waals surface area contributed by atoms with Crippen molar-refractivity contribution < 1.29 is 13.2 Å². The van der Waals surface area contributed by atoms with Crippen LogP contribution in [-0.2, 0) is 14.6 Å². The van der Waals surface area contributed by atoms with Gasteiger partial charge >= 0.3 is 0 Å². The molecule has 6 heteroatoms. The first kappa shape index (κ1) is 14.4. The molecule has 1 amide bonds. The molecule has 5 nitrogen and oxygen atoms in total. The molecule has 0 saturated heterocycles. The summed E-state index contributed by atoms with van der Waals surface area (Å²) in [5.74, 6) is -1.08. The van der Waals surface area contributed by atoms with Gasteiger partial charge in [0.2, 0.25) is 0 Å². The predicted octanol–water partition coefficient (Wildman–Crippen LogP) is 0.914. The van der Waals surface area contributed by atoms with E-state index in [-0.39, 0.29) is 0 Å². The first-order valence-electron chi connectivity index (χ1n) is 5.34. The molecular weight excluding hydrogens is 252 g/mol. The quantitative estimate of drug-likeness (QED) is 0.602. The maximum absolute atomic E-state index is 11.6. The van der Waals surface area contributed by atoms with Crippen molar-refractivity contribution in [1.29, 1.82) is 0 Å². The van der Waals surface area contributed by atoms with Gasteiger partial charge in [0.15, 0.2) is 9.84 Å². The zero-order valence-corrected chi connectivity index (χ0v) is 11.4. The van der Waals surface area contributed by atoms with Gasteiger partial charge in [0.1, 0.15) is 5.75 Å². The van der Waals surface area contributed by atoms with Gasteiger partial charge < -0.3 is 0 Å². The predicted molar refractivity (Wildman–Crippen MR) is 71.1 cm³/mol. The van der Waals surface area contributed by atoms with Crippen LogP contribution in [-0.4, -0.2) is 44.1 Å². The monoisotopic (exact) mass is 268 g/mol. The number of nitrogens with zero attached hydrogens (tertiary/aromatic N) is 2. The molecular formula is C12H16N2O3S. The van der Waals surface area contributed by atoms with Crippen LogP contribution in [0.15, 0.2) is 35.4 Å². The van der Waals surface area contributed by atoms with Crippen LogP contribution in [0.3, 0.4) is 0 Å². The molecule has 0 radical (unpaired) electrons. The third kappa shape index (κ3) is 4.67. The fourth-order valence-corrected chi connectivity index (χ4v) is 1.97. The summed E-state index contributed by atoms with van der Waals surface area (Å²) in [7, 11) is -1.88. The Morgan fingerprint density at radius 2 is 1.83 bits per heavy atom. The number of benzene rings is 1. The highest BCUT2D eigenvalue weighted by atomic mass is 32.2. The Kier molecular flexibility index (Phi) is 4.61. The number of amides is 1. The van der Waals surface area contributed by atoms with E-state index in [1.54, 1.807) is 6.92 Å². The van der Waals surface area contributed by atoms with Crippen molar-refractivity contribution in [3.8, 4) is 0 Å². The second kappa shape index (κ2) is 5.77. The summed E-state index contributed by atoms with van der Waals surface area (Å²) in [6.07, 6.45) is 1.02. The highest BCUT2D eigenvalue weighted by Gasteiger charge is 2.15. The molecule has 0 atom stereocenters. The molecule has 0 aliphatic heterocycles. The highest BCUT2D eigenvalue weighted by Crippen LogP contribution is 2.02. The van der Waals surface area contributed by atoms with E-state index in [1.807, 2.05) is 30.3 Å². The van der Waals surface area contributed by atoms with E-state index in [1.165, 1.54) is 7.05 Å². The Morgan fingerprint density at radius 1 is 1.28 bits per heavy atom. The Balaban J connectivity index is 2.80. The maximum atomic E-state index is 11.6. The van der Waals surface area contributed by atoms with Gasteiger partial charge in [-0.2, -0.15) is 5.10 Å². The van der Waals surface area contributed by atoms with E-state index in [9.17, 15) is 13.2 Å². The lowest BCUT2D eigenvalue weighted by atomic mass is 10.1. The zero-order chi connectivity index (χ0) is 13.8. The Bertz CT molecular complexity index is 550. The largest absolute Gasteiger partial charge is 0.272 e. The van der Waals surface area contributed by atoms with Crippen LogP contribution in [0, 0.1) is 0 Å². The first-order valence-corrected chi connectivity index (χ1v) is 7.40. The third-order valence-corrected chi connectivity index (χ3v) is 3.01. The first-order chi connectivity index (χ1) is 8.29. The molecule has 0 aliphatic rings. The molecule has 0 aromatic heterocycles. The van der Waals surface area contributed by atoms with Crippen LogP contribution >= 0.6 is 0 Å². The summed E-state index contributed by atoms with van der Waals surface area (Å²) in [5.41, 5.74) is 1.54. The molecule has 0 aliphatic carbocycles. The van der Waals surface area contributed by atoms with Gasteiger partial charge in [0, 0.05) is 13.3 Å². The van der Waals surface area contributed by atoms with Crippen molar-refractivity contribution in [3.63, 3.8) is 0 Å². The molecule has 1 rings (SSSR count). The summed E-state index contributed by atoms with van der Waals surface area (Å²) in [4.78, 5) is 11.6. The maximum Gasteiger partial charge on any atom is 0.257 e. The number of hydrogen-bond acceptors (Lipinski definition) is 4. The summed E-state index contributed by atoms with van der Waals surface area (Å²) in [6.45, 7) is 1.76. The lowest BCUT2D eigenvalue weighted by molar-refractivity contribution is -0.127. The van der Waals surface area contributed by atoms with E-state index in [0.717, 1.165) is 16.8 Å². The standard InChI is InChI=1S/C12H16N2O3S/c1-10(11-7-5-4-6-8-11)13-14(2)12(15)9-18(3,16)17/h4-8H,9H2,1-3H3. The minimum atomic E-state index is -3.33. The van der Waals surface area contributed by atoms with Gasteiger partial charge in [-0.15, -0.1) is 0 Å². The van der Waals surface area contributed by atoms with Gasteiger partial charge in [-0.1, -0.05) is 30.3 Å². The highest BCUT2D eigenvalue weighted by molar-refractivity contribution is 7.91. The number of carbonyl (C=O) groups excluding carboxylic acids is 1. The Hall–Kier alpha value is -1.69. The topological polar surface area (TPSA) is 66.8 Å². The molecule has 0 saturated carbocycles. The van der Waals surface area contributed by atoms with Crippen LogP contribution in [0.5, 0.6) is 0 Å². The minimum absolute atomic E-state index is 0.533. The number of carbonyl (C=O) groups is 1. The third-order valence-electron chi connectivity index (χ3n) is 2.24. The van der Waals surface area contributed by atoms with Crippen molar-refractivity contribution in [3.05, 3.63) is 35.9 Å². The Labute approximate surface area is 107 Å². The van der Waals surface area contributed by atoms with Crippen molar-refractivity contribution in [2.75, 3.05) is 19.1 Å². The molecule has 0 spiro atoms. The van der Waals surface area contributed by atoms with Crippen LogP contribution < -0.4 is 0 Å². The van der Waals surface area contributed by atoms with Gasteiger partial charge in [0.25, 0.3) is 5.91 Å².